The third-order valence-electron chi connectivity index (χ3n) is 3.02. The Labute approximate surface area is 122 Å². The highest BCUT2D eigenvalue weighted by Gasteiger charge is 2.12. The number of nitrogens with one attached hydrogen (secondary N) is 1. The van der Waals surface area contributed by atoms with Gasteiger partial charge in [0.2, 0.25) is 5.89 Å². The van der Waals surface area contributed by atoms with Crippen LogP contribution < -0.4 is 10.1 Å². The standard InChI is InChI=1S/C16H15N3O2/c1-20-14-10-6-5-9-13(14)16-19-18-15(21-16)11-17-12-7-3-2-4-8-12/h2-10,17H,11H2,1H3. The fraction of sp³-hybridized carbons (Fsp3) is 0.125. The second-order valence-corrected chi connectivity index (χ2v) is 4.42. The summed E-state index contributed by atoms with van der Waals surface area (Å²) in [6.45, 7) is 0.478. The van der Waals surface area contributed by atoms with Crippen LogP contribution in [0.2, 0.25) is 0 Å². The predicted octanol–water partition coefficient (Wildman–Crippen LogP) is 3.36. The number of rotatable bonds is 5. The van der Waals surface area contributed by atoms with Crippen molar-refractivity contribution in [3.8, 4) is 17.2 Å². The average Bonchev–Trinajstić information content (AvgIpc) is 3.02. The SMILES string of the molecule is COc1ccccc1-c1nnc(CNc2ccccc2)o1. The van der Waals surface area contributed by atoms with Crippen LogP contribution in [-0.4, -0.2) is 17.3 Å². The molecule has 0 aliphatic heterocycles. The molecule has 1 heterocycles. The molecule has 1 aromatic heterocycles. The fourth-order valence-electron chi connectivity index (χ4n) is 1.99. The van der Waals surface area contributed by atoms with E-state index in [4.69, 9.17) is 9.15 Å². The highest BCUT2D eigenvalue weighted by atomic mass is 16.5. The molecular weight excluding hydrogens is 266 g/mol. The van der Waals surface area contributed by atoms with Gasteiger partial charge in [-0.25, -0.2) is 0 Å². The monoisotopic (exact) mass is 281 g/mol. The Morgan fingerprint density at radius 3 is 2.57 bits per heavy atom. The van der Waals surface area contributed by atoms with Gasteiger partial charge in [0.25, 0.3) is 5.89 Å². The van der Waals surface area contributed by atoms with E-state index < -0.39 is 0 Å². The molecule has 5 nitrogen and oxygen atoms in total. The molecule has 0 atom stereocenters. The molecule has 0 bridgehead atoms. The lowest BCUT2D eigenvalue weighted by Gasteiger charge is -2.04. The van der Waals surface area contributed by atoms with E-state index in [0.717, 1.165) is 11.3 Å². The van der Waals surface area contributed by atoms with Gasteiger partial charge < -0.3 is 14.5 Å². The zero-order valence-corrected chi connectivity index (χ0v) is 11.6. The molecule has 0 fully saturated rings. The Hall–Kier alpha value is -2.82. The number of aromatic nitrogens is 2. The summed E-state index contributed by atoms with van der Waals surface area (Å²) in [4.78, 5) is 0. The van der Waals surface area contributed by atoms with E-state index in [9.17, 15) is 0 Å². The number of benzene rings is 2. The minimum Gasteiger partial charge on any atom is -0.496 e. The van der Waals surface area contributed by atoms with Gasteiger partial charge in [0.05, 0.1) is 19.2 Å². The molecule has 0 saturated carbocycles. The van der Waals surface area contributed by atoms with E-state index in [1.165, 1.54) is 0 Å². The summed E-state index contributed by atoms with van der Waals surface area (Å²) < 4.78 is 11.0. The van der Waals surface area contributed by atoms with E-state index in [1.807, 2.05) is 54.6 Å². The summed E-state index contributed by atoms with van der Waals surface area (Å²) in [7, 11) is 1.62. The quantitative estimate of drug-likeness (QED) is 0.777. The number of hydrogen-bond donors (Lipinski definition) is 1. The Morgan fingerprint density at radius 1 is 1.00 bits per heavy atom. The first-order valence-corrected chi connectivity index (χ1v) is 6.61. The molecule has 0 saturated heterocycles. The minimum absolute atomic E-state index is 0.456. The van der Waals surface area contributed by atoms with Gasteiger partial charge in [0.1, 0.15) is 5.75 Å². The molecule has 2 aromatic carbocycles. The number of ether oxygens (including phenoxy) is 1. The van der Waals surface area contributed by atoms with E-state index in [-0.39, 0.29) is 0 Å². The Bertz CT molecular complexity index is 710. The van der Waals surface area contributed by atoms with Gasteiger partial charge in [-0.15, -0.1) is 10.2 Å². The van der Waals surface area contributed by atoms with Crippen molar-refractivity contribution < 1.29 is 9.15 Å². The Kier molecular flexibility index (Phi) is 3.82. The van der Waals surface area contributed by atoms with Crippen molar-refractivity contribution in [2.45, 2.75) is 6.54 Å². The number of para-hydroxylation sites is 2. The molecule has 0 aliphatic rings. The molecule has 3 rings (SSSR count). The summed E-state index contributed by atoms with van der Waals surface area (Å²) in [5.41, 5.74) is 1.80. The van der Waals surface area contributed by atoms with Gasteiger partial charge in [-0.3, -0.25) is 0 Å². The second-order valence-electron chi connectivity index (χ2n) is 4.42. The molecule has 3 aromatic rings. The topological polar surface area (TPSA) is 60.2 Å². The van der Waals surface area contributed by atoms with E-state index in [1.54, 1.807) is 7.11 Å². The number of hydrogen-bond acceptors (Lipinski definition) is 5. The zero-order valence-electron chi connectivity index (χ0n) is 11.6. The predicted molar refractivity (Wildman–Crippen MR) is 80.1 cm³/mol. The summed E-state index contributed by atoms with van der Waals surface area (Å²) in [6.07, 6.45) is 0. The normalized spacial score (nSPS) is 10.3. The van der Waals surface area contributed by atoms with Gasteiger partial charge in [0.15, 0.2) is 0 Å². The maximum atomic E-state index is 5.67. The van der Waals surface area contributed by atoms with Crippen molar-refractivity contribution in [3.63, 3.8) is 0 Å². The highest BCUT2D eigenvalue weighted by molar-refractivity contribution is 5.62. The van der Waals surface area contributed by atoms with Crippen LogP contribution in [0.15, 0.2) is 59.0 Å². The van der Waals surface area contributed by atoms with Crippen molar-refractivity contribution in [1.29, 1.82) is 0 Å². The van der Waals surface area contributed by atoms with Crippen LogP contribution in [0.5, 0.6) is 5.75 Å². The Morgan fingerprint density at radius 2 is 1.76 bits per heavy atom. The molecule has 0 spiro atoms. The van der Waals surface area contributed by atoms with E-state index in [2.05, 4.69) is 15.5 Å². The minimum atomic E-state index is 0.456. The smallest absolute Gasteiger partial charge is 0.251 e. The van der Waals surface area contributed by atoms with Crippen LogP contribution in [0.4, 0.5) is 5.69 Å². The van der Waals surface area contributed by atoms with Gasteiger partial charge >= 0.3 is 0 Å². The van der Waals surface area contributed by atoms with Crippen LogP contribution in [0.25, 0.3) is 11.5 Å². The van der Waals surface area contributed by atoms with Crippen LogP contribution >= 0.6 is 0 Å². The lowest BCUT2D eigenvalue weighted by atomic mass is 10.2. The first-order chi connectivity index (χ1) is 10.4. The molecular formula is C16H15N3O2. The van der Waals surface area contributed by atoms with Crippen LogP contribution in [-0.2, 0) is 6.54 Å². The van der Waals surface area contributed by atoms with Crippen LogP contribution in [0.3, 0.4) is 0 Å². The molecule has 21 heavy (non-hydrogen) atoms. The highest BCUT2D eigenvalue weighted by Crippen LogP contribution is 2.28. The van der Waals surface area contributed by atoms with Crippen molar-refractivity contribution in [2.75, 3.05) is 12.4 Å². The third kappa shape index (κ3) is 3.02. The second kappa shape index (κ2) is 6.09. The maximum Gasteiger partial charge on any atom is 0.251 e. The third-order valence-corrected chi connectivity index (χ3v) is 3.02. The number of nitrogens with zero attached hydrogens (tertiary/aromatic N) is 2. The van der Waals surface area contributed by atoms with Gasteiger partial charge in [-0.1, -0.05) is 30.3 Å². The van der Waals surface area contributed by atoms with E-state index >= 15 is 0 Å². The zero-order chi connectivity index (χ0) is 14.5. The van der Waals surface area contributed by atoms with Crippen LogP contribution in [0, 0.1) is 0 Å². The summed E-state index contributed by atoms with van der Waals surface area (Å²) in [5.74, 6) is 1.70. The van der Waals surface area contributed by atoms with Gasteiger partial charge in [-0.05, 0) is 24.3 Å². The largest absolute Gasteiger partial charge is 0.496 e. The molecule has 5 heteroatoms. The number of methoxy groups -OCH3 is 1. The molecule has 0 unspecified atom stereocenters. The molecule has 0 radical (unpaired) electrons. The summed E-state index contributed by atoms with van der Waals surface area (Å²) >= 11 is 0. The lowest BCUT2D eigenvalue weighted by molar-refractivity contribution is 0.413. The number of anilines is 1. The van der Waals surface area contributed by atoms with Crippen LogP contribution in [0.1, 0.15) is 5.89 Å². The molecule has 0 aliphatic carbocycles. The van der Waals surface area contributed by atoms with Crippen molar-refractivity contribution in [3.05, 3.63) is 60.5 Å². The molecule has 0 amide bonds. The maximum absolute atomic E-state index is 5.67. The van der Waals surface area contributed by atoms with E-state index in [0.29, 0.717) is 24.1 Å². The van der Waals surface area contributed by atoms with Gasteiger partial charge in [0, 0.05) is 5.69 Å². The van der Waals surface area contributed by atoms with Gasteiger partial charge in [-0.2, -0.15) is 0 Å². The average molecular weight is 281 g/mol. The fourth-order valence-corrected chi connectivity index (χ4v) is 1.99. The summed E-state index contributed by atoms with van der Waals surface area (Å²) in [5, 5.41) is 11.3. The molecule has 1 N–H and O–H groups in total. The van der Waals surface area contributed by atoms with Crippen molar-refractivity contribution in [1.82, 2.24) is 10.2 Å². The van der Waals surface area contributed by atoms with Crippen molar-refractivity contribution >= 4 is 5.69 Å². The first kappa shape index (κ1) is 13.2. The Balaban J connectivity index is 1.74. The summed E-state index contributed by atoms with van der Waals surface area (Å²) in [6, 6.07) is 17.4. The lowest BCUT2D eigenvalue weighted by Crippen LogP contribution is -1.99. The molecule has 106 valence electrons. The first-order valence-electron chi connectivity index (χ1n) is 6.61. The van der Waals surface area contributed by atoms with Crippen molar-refractivity contribution in [2.24, 2.45) is 0 Å².